The molecule has 1 aliphatic heterocycles. The maximum atomic E-state index is 9.19. The Labute approximate surface area is 100 Å². The normalized spacial score (nSPS) is 30.3. The first-order valence-corrected chi connectivity index (χ1v) is 6.53. The van der Waals surface area contributed by atoms with E-state index in [4.69, 9.17) is 9.26 Å². The van der Waals surface area contributed by atoms with Gasteiger partial charge in [0.2, 0.25) is 0 Å². The van der Waals surface area contributed by atoms with E-state index in [9.17, 15) is 5.11 Å². The number of ether oxygens (including phenoxy) is 1. The number of allylic oxidation sites excluding steroid dienone is 2. The van der Waals surface area contributed by atoms with Crippen LogP contribution < -0.4 is 0 Å². The van der Waals surface area contributed by atoms with Gasteiger partial charge in [-0.2, -0.15) is 0 Å². The first-order valence-electron chi connectivity index (χ1n) is 6.06. The molecule has 94 valence electrons. The van der Waals surface area contributed by atoms with Crippen LogP contribution in [-0.4, -0.2) is 30.5 Å². The van der Waals surface area contributed by atoms with Crippen LogP contribution in [0.15, 0.2) is 12.2 Å². The zero-order valence-electron chi connectivity index (χ0n) is 9.97. The van der Waals surface area contributed by atoms with Crippen LogP contribution >= 0.6 is 9.47 Å². The summed E-state index contributed by atoms with van der Waals surface area (Å²) in [7, 11) is 2.30. The third kappa shape index (κ3) is 4.14. The number of aliphatic hydroxyl groups excluding tert-OH is 1. The summed E-state index contributed by atoms with van der Waals surface area (Å²) >= 11 is 0. The summed E-state index contributed by atoms with van der Waals surface area (Å²) in [5.74, 6) is 0.314. The quantitative estimate of drug-likeness (QED) is 0.553. The molecule has 1 fully saturated rings. The van der Waals surface area contributed by atoms with Crippen LogP contribution in [0.25, 0.3) is 0 Å². The summed E-state index contributed by atoms with van der Waals surface area (Å²) in [6.45, 7) is 2.86. The minimum absolute atomic E-state index is 0.0508. The lowest BCUT2D eigenvalue weighted by Crippen LogP contribution is -2.26. The van der Waals surface area contributed by atoms with E-state index in [1.54, 1.807) is 0 Å². The van der Waals surface area contributed by atoms with Gasteiger partial charge in [0.05, 0.1) is 25.4 Å². The monoisotopic (exact) mass is 246 g/mol. The first-order chi connectivity index (χ1) is 7.83. The van der Waals surface area contributed by atoms with Gasteiger partial charge >= 0.3 is 0 Å². The number of hydrogen-bond acceptors (Lipinski definition) is 3. The lowest BCUT2D eigenvalue weighted by atomic mass is 9.94. The van der Waals surface area contributed by atoms with Crippen molar-refractivity contribution in [2.75, 3.05) is 13.2 Å². The summed E-state index contributed by atoms with van der Waals surface area (Å²) < 4.78 is 10.8. The van der Waals surface area contributed by atoms with E-state index >= 15 is 0 Å². The van der Waals surface area contributed by atoms with Gasteiger partial charge in [0.1, 0.15) is 0 Å². The zero-order valence-corrected chi connectivity index (χ0v) is 11.1. The Kier molecular flexibility index (Phi) is 7.22. The molecule has 0 amide bonds. The van der Waals surface area contributed by atoms with Crippen molar-refractivity contribution < 1.29 is 14.4 Å². The van der Waals surface area contributed by atoms with Crippen LogP contribution in [0.1, 0.15) is 32.6 Å². The Balaban J connectivity index is 2.31. The topological polar surface area (TPSA) is 38.7 Å². The van der Waals surface area contributed by atoms with Gasteiger partial charge in [-0.3, -0.25) is 0 Å². The van der Waals surface area contributed by atoms with Crippen LogP contribution in [0.3, 0.4) is 0 Å². The molecule has 0 bridgehead atoms. The predicted molar refractivity (Wildman–Crippen MR) is 68.2 cm³/mol. The summed E-state index contributed by atoms with van der Waals surface area (Å²) in [5, 5.41) is 9.19. The van der Waals surface area contributed by atoms with Gasteiger partial charge in [0.15, 0.2) is 0 Å². The van der Waals surface area contributed by atoms with Gasteiger partial charge in [-0.1, -0.05) is 25.5 Å². The van der Waals surface area contributed by atoms with Crippen LogP contribution in [0.5, 0.6) is 0 Å². The Morgan fingerprint density at radius 2 is 2.19 bits per heavy atom. The third-order valence-electron chi connectivity index (χ3n) is 3.07. The first kappa shape index (κ1) is 14.1. The van der Waals surface area contributed by atoms with Gasteiger partial charge in [-0.05, 0) is 19.3 Å². The molecule has 1 heterocycles. The smallest absolute Gasteiger partial charge is 0.0898 e. The predicted octanol–water partition coefficient (Wildman–Crippen LogP) is 2.31. The summed E-state index contributed by atoms with van der Waals surface area (Å²) in [4.78, 5) is 0. The second-order valence-electron chi connectivity index (χ2n) is 4.23. The van der Waals surface area contributed by atoms with Crippen LogP contribution in [0, 0.1) is 5.92 Å². The van der Waals surface area contributed by atoms with E-state index in [0.29, 0.717) is 12.5 Å². The second-order valence-corrected chi connectivity index (χ2v) is 4.50. The molecule has 16 heavy (non-hydrogen) atoms. The average Bonchev–Trinajstić information content (AvgIpc) is 2.71. The highest BCUT2D eigenvalue weighted by molar-refractivity contribution is 7.09. The molecule has 1 N–H and O–H groups in total. The van der Waals surface area contributed by atoms with Gasteiger partial charge in [0.25, 0.3) is 0 Å². The Morgan fingerprint density at radius 1 is 1.44 bits per heavy atom. The van der Waals surface area contributed by atoms with Crippen molar-refractivity contribution in [1.29, 1.82) is 0 Å². The van der Waals surface area contributed by atoms with Gasteiger partial charge in [-0.15, -0.1) is 0 Å². The lowest BCUT2D eigenvalue weighted by molar-refractivity contribution is 0.0383. The molecule has 0 aliphatic carbocycles. The molecule has 1 saturated heterocycles. The molecule has 0 spiro atoms. The van der Waals surface area contributed by atoms with Gasteiger partial charge in [-0.25, -0.2) is 0 Å². The molecule has 0 aromatic rings. The third-order valence-corrected chi connectivity index (χ3v) is 3.42. The second kappa shape index (κ2) is 8.19. The SMILES string of the molecule is CCC/C=C\CC[C@H]1C(OP)CO[C@@H]1CO. The maximum absolute atomic E-state index is 9.19. The summed E-state index contributed by atoms with van der Waals surface area (Å²) in [6, 6.07) is 0. The highest BCUT2D eigenvalue weighted by atomic mass is 31.0. The molecule has 0 aromatic heterocycles. The fourth-order valence-electron chi connectivity index (χ4n) is 2.10. The minimum atomic E-state index is -0.0508. The molecular formula is C12H23O3P. The lowest BCUT2D eigenvalue weighted by Gasteiger charge is -2.19. The highest BCUT2D eigenvalue weighted by Gasteiger charge is 2.36. The fourth-order valence-corrected chi connectivity index (χ4v) is 2.38. The zero-order chi connectivity index (χ0) is 11.8. The van der Waals surface area contributed by atoms with Crippen molar-refractivity contribution in [1.82, 2.24) is 0 Å². The molecule has 0 aromatic carbocycles. The van der Waals surface area contributed by atoms with E-state index in [1.807, 2.05) is 0 Å². The molecular weight excluding hydrogens is 223 g/mol. The van der Waals surface area contributed by atoms with Gasteiger partial charge in [0, 0.05) is 15.4 Å². The molecule has 2 unspecified atom stereocenters. The summed E-state index contributed by atoms with van der Waals surface area (Å²) in [6.07, 6.45) is 8.90. The molecule has 1 rings (SSSR count). The van der Waals surface area contributed by atoms with Crippen molar-refractivity contribution >= 4 is 9.47 Å². The van der Waals surface area contributed by atoms with Crippen LogP contribution in [0.4, 0.5) is 0 Å². The average molecular weight is 246 g/mol. The fraction of sp³-hybridized carbons (Fsp3) is 0.833. The number of rotatable bonds is 7. The van der Waals surface area contributed by atoms with E-state index in [-0.39, 0.29) is 18.8 Å². The van der Waals surface area contributed by atoms with Crippen molar-refractivity contribution in [3.8, 4) is 0 Å². The van der Waals surface area contributed by atoms with Crippen molar-refractivity contribution in [3.63, 3.8) is 0 Å². The van der Waals surface area contributed by atoms with Crippen LogP contribution in [-0.2, 0) is 9.26 Å². The molecule has 1 aliphatic rings. The van der Waals surface area contributed by atoms with Crippen molar-refractivity contribution in [2.45, 2.75) is 44.8 Å². The summed E-state index contributed by atoms with van der Waals surface area (Å²) in [5.41, 5.74) is 0. The van der Waals surface area contributed by atoms with E-state index in [0.717, 1.165) is 19.3 Å². The standard InChI is InChI=1S/C12H23O3P/c1-2-3-4-5-6-7-10-11(8-13)14-9-12(10)15-16/h4-5,10-13H,2-3,6-9,16H2,1H3/b5-4-/t10-,11-,12?/m1/s1. The highest BCUT2D eigenvalue weighted by Crippen LogP contribution is 2.29. The molecule has 4 atom stereocenters. The van der Waals surface area contributed by atoms with Crippen LogP contribution in [0.2, 0.25) is 0 Å². The van der Waals surface area contributed by atoms with E-state index in [1.165, 1.54) is 6.42 Å². The Bertz CT molecular complexity index is 196. The van der Waals surface area contributed by atoms with Crippen molar-refractivity contribution in [2.24, 2.45) is 5.92 Å². The van der Waals surface area contributed by atoms with E-state index in [2.05, 4.69) is 28.5 Å². The molecule has 0 saturated carbocycles. The molecule has 3 nitrogen and oxygen atoms in total. The largest absolute Gasteiger partial charge is 0.394 e. The van der Waals surface area contributed by atoms with Crippen molar-refractivity contribution in [3.05, 3.63) is 12.2 Å². The number of unbranched alkanes of at least 4 members (excludes halogenated alkanes) is 1. The molecule has 4 heteroatoms. The maximum Gasteiger partial charge on any atom is 0.0898 e. The molecule has 0 radical (unpaired) electrons. The Morgan fingerprint density at radius 3 is 2.81 bits per heavy atom. The minimum Gasteiger partial charge on any atom is -0.394 e. The number of hydrogen-bond donors (Lipinski definition) is 1. The number of aliphatic hydroxyl groups is 1. The Hall–Kier alpha value is 0.0500. The van der Waals surface area contributed by atoms with Gasteiger partial charge < -0.3 is 14.4 Å². The van der Waals surface area contributed by atoms with E-state index < -0.39 is 0 Å².